The van der Waals surface area contributed by atoms with Crippen LogP contribution in [0, 0.1) is 5.92 Å². The van der Waals surface area contributed by atoms with E-state index in [9.17, 15) is 4.79 Å². The molecule has 4 nitrogen and oxygen atoms in total. The average molecular weight is 416 g/mol. The minimum absolute atomic E-state index is 0.115. The van der Waals surface area contributed by atoms with Gasteiger partial charge in [-0.2, -0.15) is 0 Å². The Morgan fingerprint density at radius 1 is 1.18 bits per heavy atom. The Kier molecular flexibility index (Phi) is 7.24. The van der Waals surface area contributed by atoms with E-state index in [4.69, 9.17) is 23.2 Å². The standard InChI is InChI=1S/C22H23Cl2N3O/c1-2-3-7-21-18(11-15-8-9-19(23)20(24)12-15)22(26-14-25-21)27-17-6-4-5-16(10-17)13-28/h2-3,7-9,11-14,16-17H,4-6,10H2,1H3,(H,25,26,27)/b3-2-,18-11-,21-7+. The fourth-order valence-corrected chi connectivity index (χ4v) is 3.74. The molecule has 1 aromatic carbocycles. The van der Waals surface area contributed by atoms with Crippen LogP contribution < -0.4 is 15.9 Å². The summed E-state index contributed by atoms with van der Waals surface area (Å²) in [6.45, 7) is 1.96. The summed E-state index contributed by atoms with van der Waals surface area (Å²) in [5.74, 6) is 0.873. The smallest absolute Gasteiger partial charge is 0.137 e. The van der Waals surface area contributed by atoms with Crippen LogP contribution in [-0.2, 0) is 4.79 Å². The van der Waals surface area contributed by atoms with E-state index in [1.54, 1.807) is 12.4 Å². The van der Waals surface area contributed by atoms with E-state index < -0.39 is 0 Å². The molecule has 0 bridgehead atoms. The predicted octanol–water partition coefficient (Wildman–Crippen LogP) is 4.14. The van der Waals surface area contributed by atoms with Gasteiger partial charge in [0.1, 0.15) is 18.4 Å². The zero-order valence-electron chi connectivity index (χ0n) is 15.7. The summed E-state index contributed by atoms with van der Waals surface area (Å²) in [5.41, 5.74) is 0.914. The van der Waals surface area contributed by atoms with Crippen LogP contribution >= 0.6 is 23.2 Å². The van der Waals surface area contributed by atoms with E-state index in [2.05, 4.69) is 15.3 Å². The van der Waals surface area contributed by atoms with Crippen molar-refractivity contribution in [2.75, 3.05) is 5.32 Å². The van der Waals surface area contributed by atoms with Crippen LogP contribution in [0.4, 0.5) is 5.82 Å². The second kappa shape index (κ2) is 9.85. The molecule has 0 aliphatic heterocycles. The van der Waals surface area contributed by atoms with Gasteiger partial charge in [-0.1, -0.05) is 47.8 Å². The highest BCUT2D eigenvalue weighted by atomic mass is 35.5. The van der Waals surface area contributed by atoms with Gasteiger partial charge in [-0.05, 0) is 56.0 Å². The van der Waals surface area contributed by atoms with Crippen LogP contribution in [0.5, 0.6) is 0 Å². The summed E-state index contributed by atoms with van der Waals surface area (Å²) >= 11 is 12.2. The number of nitrogens with one attached hydrogen (secondary N) is 1. The predicted molar refractivity (Wildman–Crippen MR) is 116 cm³/mol. The maximum absolute atomic E-state index is 11.2. The van der Waals surface area contributed by atoms with E-state index in [1.165, 1.54) is 0 Å². The summed E-state index contributed by atoms with van der Waals surface area (Å²) in [4.78, 5) is 20.1. The Hall–Kier alpha value is -2.17. The second-order valence-electron chi connectivity index (χ2n) is 6.94. The van der Waals surface area contributed by atoms with Crippen molar-refractivity contribution in [3.63, 3.8) is 0 Å². The van der Waals surface area contributed by atoms with Crippen molar-refractivity contribution >= 4 is 47.5 Å². The number of hydrogen-bond donors (Lipinski definition) is 1. The van der Waals surface area contributed by atoms with Crippen molar-refractivity contribution in [2.45, 2.75) is 38.6 Å². The molecule has 0 radical (unpaired) electrons. The fraction of sp³-hybridized carbons (Fsp3) is 0.318. The molecule has 2 atom stereocenters. The highest BCUT2D eigenvalue weighted by Crippen LogP contribution is 2.25. The first-order chi connectivity index (χ1) is 13.6. The number of carbonyl (C=O) groups excluding carboxylic acids is 1. The molecule has 1 aromatic heterocycles. The lowest BCUT2D eigenvalue weighted by Gasteiger charge is -2.27. The van der Waals surface area contributed by atoms with Gasteiger partial charge in [0.2, 0.25) is 0 Å². The summed E-state index contributed by atoms with van der Waals surface area (Å²) in [5, 5.41) is 6.24. The molecule has 2 aromatic rings. The molecule has 1 aliphatic carbocycles. The van der Waals surface area contributed by atoms with Crippen molar-refractivity contribution in [1.82, 2.24) is 9.97 Å². The van der Waals surface area contributed by atoms with Crippen LogP contribution in [0.1, 0.15) is 38.2 Å². The molecular formula is C22H23Cl2N3O. The summed E-state index contributed by atoms with van der Waals surface area (Å²) in [7, 11) is 0. The second-order valence-corrected chi connectivity index (χ2v) is 7.75. The monoisotopic (exact) mass is 415 g/mol. The topological polar surface area (TPSA) is 54.9 Å². The van der Waals surface area contributed by atoms with Crippen LogP contribution in [0.3, 0.4) is 0 Å². The fourth-order valence-electron chi connectivity index (χ4n) is 3.43. The summed E-state index contributed by atoms with van der Waals surface area (Å²) in [6, 6.07) is 5.73. The molecule has 146 valence electrons. The number of halogens is 2. The van der Waals surface area contributed by atoms with E-state index in [-0.39, 0.29) is 12.0 Å². The van der Waals surface area contributed by atoms with E-state index >= 15 is 0 Å². The molecule has 1 saturated carbocycles. The van der Waals surface area contributed by atoms with Gasteiger partial charge in [0.05, 0.1) is 15.4 Å². The average Bonchev–Trinajstić information content (AvgIpc) is 2.71. The molecule has 0 amide bonds. The zero-order chi connectivity index (χ0) is 19.9. The Morgan fingerprint density at radius 3 is 2.79 bits per heavy atom. The van der Waals surface area contributed by atoms with Crippen LogP contribution in [-0.4, -0.2) is 22.3 Å². The number of hydrogen-bond acceptors (Lipinski definition) is 4. The number of carbonyl (C=O) groups is 1. The third kappa shape index (κ3) is 5.21. The summed E-state index contributed by atoms with van der Waals surface area (Å²) in [6.07, 6.45) is 14.3. The normalized spacial score (nSPS) is 21.2. The SMILES string of the molecule is C\C=C/C=c1/ncnc(NC2CCCC(C=O)C2)/c1=C\c1ccc(Cl)c(Cl)c1. The Morgan fingerprint density at radius 2 is 2.04 bits per heavy atom. The zero-order valence-corrected chi connectivity index (χ0v) is 17.2. The first-order valence-electron chi connectivity index (χ1n) is 9.43. The van der Waals surface area contributed by atoms with E-state index in [0.717, 1.165) is 53.9 Å². The highest BCUT2D eigenvalue weighted by molar-refractivity contribution is 6.42. The Bertz CT molecular complexity index is 988. The van der Waals surface area contributed by atoms with Gasteiger partial charge >= 0.3 is 0 Å². The third-order valence-corrected chi connectivity index (χ3v) is 5.60. The minimum atomic E-state index is 0.115. The third-order valence-electron chi connectivity index (χ3n) is 4.86. The highest BCUT2D eigenvalue weighted by Gasteiger charge is 2.22. The van der Waals surface area contributed by atoms with E-state index in [1.807, 2.05) is 43.4 Å². The van der Waals surface area contributed by atoms with Gasteiger partial charge in [-0.25, -0.2) is 9.97 Å². The minimum Gasteiger partial charge on any atom is -0.367 e. The molecule has 28 heavy (non-hydrogen) atoms. The van der Waals surface area contributed by atoms with Gasteiger partial charge in [-0.15, -0.1) is 0 Å². The number of rotatable bonds is 5. The van der Waals surface area contributed by atoms with Gasteiger partial charge in [0.15, 0.2) is 0 Å². The van der Waals surface area contributed by atoms with Crippen molar-refractivity contribution in [3.8, 4) is 0 Å². The molecule has 3 rings (SSSR count). The molecular weight excluding hydrogens is 393 g/mol. The molecule has 2 unspecified atom stereocenters. The van der Waals surface area contributed by atoms with Crippen LogP contribution in [0.2, 0.25) is 10.0 Å². The lowest BCUT2D eigenvalue weighted by Crippen LogP contribution is -2.36. The Balaban J connectivity index is 2.05. The maximum atomic E-state index is 11.2. The van der Waals surface area contributed by atoms with Crippen molar-refractivity contribution in [3.05, 3.63) is 62.9 Å². The van der Waals surface area contributed by atoms with Gasteiger partial charge in [0.25, 0.3) is 0 Å². The largest absolute Gasteiger partial charge is 0.367 e. The lowest BCUT2D eigenvalue weighted by atomic mass is 9.86. The molecule has 6 heteroatoms. The van der Waals surface area contributed by atoms with Crippen LogP contribution in [0.25, 0.3) is 12.2 Å². The maximum Gasteiger partial charge on any atom is 0.137 e. The van der Waals surface area contributed by atoms with Crippen molar-refractivity contribution < 1.29 is 4.79 Å². The lowest BCUT2D eigenvalue weighted by molar-refractivity contribution is -0.111. The van der Waals surface area contributed by atoms with Gasteiger partial charge in [-0.3, -0.25) is 0 Å². The number of aromatic nitrogens is 2. The first kappa shape index (κ1) is 20.6. The van der Waals surface area contributed by atoms with Crippen molar-refractivity contribution in [2.24, 2.45) is 5.92 Å². The molecule has 1 fully saturated rings. The molecule has 0 saturated heterocycles. The Labute approximate surface area is 175 Å². The number of aldehydes is 1. The number of nitrogens with zero attached hydrogens (tertiary/aromatic N) is 2. The first-order valence-corrected chi connectivity index (χ1v) is 10.2. The number of allylic oxidation sites excluding steroid dienone is 2. The molecule has 1 heterocycles. The van der Waals surface area contributed by atoms with Gasteiger partial charge in [0, 0.05) is 17.2 Å². The molecule has 1 aliphatic rings. The molecule has 0 spiro atoms. The molecule has 1 N–H and O–H groups in total. The van der Waals surface area contributed by atoms with Gasteiger partial charge < -0.3 is 10.1 Å². The number of benzene rings is 1. The summed E-state index contributed by atoms with van der Waals surface area (Å²) < 4.78 is 0. The van der Waals surface area contributed by atoms with E-state index in [0.29, 0.717) is 10.0 Å². The van der Waals surface area contributed by atoms with Crippen molar-refractivity contribution in [1.29, 1.82) is 0 Å². The number of anilines is 1. The quantitative estimate of drug-likeness (QED) is 0.745. The van der Waals surface area contributed by atoms with Crippen LogP contribution in [0.15, 0.2) is 36.7 Å².